The molecule has 2 aromatic rings. The average Bonchev–Trinajstić information content (AvgIpc) is 3.05. The van der Waals surface area contributed by atoms with Gasteiger partial charge < -0.3 is 10.1 Å². The van der Waals surface area contributed by atoms with Gasteiger partial charge in [0.05, 0.1) is 25.5 Å². The summed E-state index contributed by atoms with van der Waals surface area (Å²) < 4.78 is 7.57. The SMILES string of the molecule is CC(C)C[C@@H]1COCc2cn(nn2)CC[C@H](Cc2cccc(Cl)c2)C(=O)N1. The molecule has 3 rings (SSSR count). The number of carbonyl (C=O) groups is 1. The van der Waals surface area contributed by atoms with E-state index in [1.807, 2.05) is 30.5 Å². The molecule has 1 amide bonds. The van der Waals surface area contributed by atoms with Crippen LogP contribution in [0.25, 0.3) is 0 Å². The second kappa shape index (κ2) is 9.33. The molecule has 2 heterocycles. The molecule has 0 unspecified atom stereocenters. The first-order chi connectivity index (χ1) is 13.0. The number of carbonyl (C=O) groups excluding carboxylic acids is 1. The third-order valence-corrected chi connectivity index (χ3v) is 4.94. The second-order valence-corrected chi connectivity index (χ2v) is 8.08. The lowest BCUT2D eigenvalue weighted by atomic mass is 9.94. The van der Waals surface area contributed by atoms with Crippen molar-refractivity contribution in [3.63, 3.8) is 0 Å². The summed E-state index contributed by atoms with van der Waals surface area (Å²) >= 11 is 6.12. The van der Waals surface area contributed by atoms with Gasteiger partial charge >= 0.3 is 0 Å². The molecule has 0 aliphatic carbocycles. The van der Waals surface area contributed by atoms with Crippen molar-refractivity contribution in [1.29, 1.82) is 0 Å². The highest BCUT2D eigenvalue weighted by molar-refractivity contribution is 6.30. The minimum atomic E-state index is -0.162. The molecule has 2 atom stereocenters. The molecule has 1 aliphatic rings. The summed E-state index contributed by atoms with van der Waals surface area (Å²) in [7, 11) is 0. The first-order valence-electron chi connectivity index (χ1n) is 9.51. The van der Waals surface area contributed by atoms with E-state index in [0.717, 1.165) is 17.7 Å². The molecule has 1 aromatic carbocycles. The summed E-state index contributed by atoms with van der Waals surface area (Å²) in [5, 5.41) is 12.2. The highest BCUT2D eigenvalue weighted by atomic mass is 35.5. The van der Waals surface area contributed by atoms with E-state index in [1.54, 1.807) is 4.68 Å². The van der Waals surface area contributed by atoms with Gasteiger partial charge in [0, 0.05) is 17.5 Å². The predicted octanol–water partition coefficient (Wildman–Crippen LogP) is 3.24. The fraction of sp³-hybridized carbons (Fsp3) is 0.550. The van der Waals surface area contributed by atoms with Crippen molar-refractivity contribution in [1.82, 2.24) is 20.3 Å². The van der Waals surface area contributed by atoms with Gasteiger partial charge in [-0.15, -0.1) is 5.10 Å². The van der Waals surface area contributed by atoms with Crippen LogP contribution in [0.4, 0.5) is 0 Å². The number of rotatable bonds is 4. The molecule has 0 saturated heterocycles. The number of aromatic nitrogens is 3. The summed E-state index contributed by atoms with van der Waals surface area (Å²) in [6.45, 7) is 5.83. The summed E-state index contributed by atoms with van der Waals surface area (Å²) in [5.41, 5.74) is 1.88. The summed E-state index contributed by atoms with van der Waals surface area (Å²) in [6.07, 6.45) is 4.11. The van der Waals surface area contributed by atoms with E-state index in [1.165, 1.54) is 0 Å². The van der Waals surface area contributed by atoms with Crippen molar-refractivity contribution in [2.45, 2.75) is 52.3 Å². The van der Waals surface area contributed by atoms with Gasteiger partial charge in [-0.25, -0.2) is 0 Å². The molecule has 0 saturated carbocycles. The van der Waals surface area contributed by atoms with Gasteiger partial charge in [0.15, 0.2) is 0 Å². The molecule has 2 bridgehead atoms. The summed E-state index contributed by atoms with van der Waals surface area (Å²) in [5.74, 6) is 0.370. The maximum Gasteiger partial charge on any atom is 0.223 e. The van der Waals surface area contributed by atoms with Crippen LogP contribution in [0.1, 0.15) is 37.9 Å². The van der Waals surface area contributed by atoms with Crippen LogP contribution in [-0.4, -0.2) is 33.5 Å². The van der Waals surface area contributed by atoms with Crippen molar-refractivity contribution in [3.8, 4) is 0 Å². The zero-order valence-corrected chi connectivity index (χ0v) is 16.7. The highest BCUT2D eigenvalue weighted by Gasteiger charge is 2.24. The minimum Gasteiger partial charge on any atom is -0.373 e. The average molecular weight is 391 g/mol. The number of nitrogens with zero attached hydrogens (tertiary/aromatic N) is 3. The van der Waals surface area contributed by atoms with Gasteiger partial charge in [-0.05, 0) is 42.9 Å². The topological polar surface area (TPSA) is 69.0 Å². The number of hydrogen-bond donors (Lipinski definition) is 1. The lowest BCUT2D eigenvalue weighted by molar-refractivity contribution is -0.126. The standard InChI is InChI=1S/C20H27ClN4O2/c1-14(2)8-18-12-27-13-19-11-25(24-23-19)7-6-16(20(26)22-18)9-15-4-3-5-17(21)10-15/h3-5,10-11,14,16,18H,6-9,12-13H2,1-2H3,(H,22,26)/t16-,18-/m1/s1. The lowest BCUT2D eigenvalue weighted by Crippen LogP contribution is -2.43. The molecule has 0 radical (unpaired) electrons. The first kappa shape index (κ1) is 19.8. The van der Waals surface area contributed by atoms with Gasteiger partial charge in [0.2, 0.25) is 5.91 Å². The highest BCUT2D eigenvalue weighted by Crippen LogP contribution is 2.19. The first-order valence-corrected chi connectivity index (χ1v) is 9.89. The Kier molecular flexibility index (Phi) is 6.85. The molecule has 7 heteroatoms. The van der Waals surface area contributed by atoms with Gasteiger partial charge in [0.25, 0.3) is 0 Å². The number of amides is 1. The molecule has 27 heavy (non-hydrogen) atoms. The van der Waals surface area contributed by atoms with E-state index in [9.17, 15) is 4.79 Å². The number of aryl methyl sites for hydroxylation is 1. The van der Waals surface area contributed by atoms with Crippen LogP contribution >= 0.6 is 11.6 Å². The van der Waals surface area contributed by atoms with Crippen molar-refractivity contribution in [3.05, 3.63) is 46.7 Å². The molecule has 0 spiro atoms. The molecule has 6 nitrogen and oxygen atoms in total. The molecule has 1 N–H and O–H groups in total. The molecule has 1 aromatic heterocycles. The summed E-state index contributed by atoms with van der Waals surface area (Å²) in [4.78, 5) is 13.0. The largest absolute Gasteiger partial charge is 0.373 e. The summed E-state index contributed by atoms with van der Waals surface area (Å²) in [6, 6.07) is 7.70. The molecule has 1 aliphatic heterocycles. The molecule has 146 valence electrons. The van der Waals surface area contributed by atoms with Crippen molar-refractivity contribution >= 4 is 17.5 Å². The van der Waals surface area contributed by atoms with Gasteiger partial charge in [-0.2, -0.15) is 0 Å². The normalized spacial score (nSPS) is 21.4. The maximum absolute atomic E-state index is 13.0. The Hall–Kier alpha value is -1.92. The van der Waals surface area contributed by atoms with Gasteiger partial charge in [0.1, 0.15) is 5.69 Å². The molecule has 0 fully saturated rings. The number of halogens is 1. The number of benzene rings is 1. The predicted molar refractivity (Wildman–Crippen MR) is 104 cm³/mol. The molecular formula is C20H27ClN4O2. The fourth-order valence-corrected chi connectivity index (χ4v) is 3.65. The number of hydrogen-bond acceptors (Lipinski definition) is 4. The van der Waals surface area contributed by atoms with Crippen LogP contribution in [0.2, 0.25) is 5.02 Å². The van der Waals surface area contributed by atoms with E-state index in [0.29, 0.717) is 43.5 Å². The van der Waals surface area contributed by atoms with Crippen LogP contribution in [0.15, 0.2) is 30.5 Å². The van der Waals surface area contributed by atoms with E-state index < -0.39 is 0 Å². The zero-order valence-electron chi connectivity index (χ0n) is 15.9. The van der Waals surface area contributed by atoms with Crippen molar-refractivity contribution in [2.75, 3.05) is 6.61 Å². The Bertz CT molecular complexity index is 762. The van der Waals surface area contributed by atoms with Crippen LogP contribution in [0, 0.1) is 11.8 Å². The van der Waals surface area contributed by atoms with Gasteiger partial charge in [-0.3, -0.25) is 9.48 Å². The number of ether oxygens (including phenoxy) is 1. The second-order valence-electron chi connectivity index (χ2n) is 7.64. The van der Waals surface area contributed by atoms with Crippen LogP contribution in [0.3, 0.4) is 0 Å². The van der Waals surface area contributed by atoms with E-state index >= 15 is 0 Å². The van der Waals surface area contributed by atoms with Crippen LogP contribution in [0.5, 0.6) is 0 Å². The minimum absolute atomic E-state index is 0.00571. The van der Waals surface area contributed by atoms with Crippen LogP contribution in [-0.2, 0) is 29.1 Å². The third-order valence-electron chi connectivity index (χ3n) is 4.71. The van der Waals surface area contributed by atoms with Crippen molar-refractivity contribution in [2.24, 2.45) is 11.8 Å². The van der Waals surface area contributed by atoms with E-state index in [2.05, 4.69) is 29.5 Å². The monoisotopic (exact) mass is 390 g/mol. The smallest absolute Gasteiger partial charge is 0.223 e. The quantitative estimate of drug-likeness (QED) is 0.870. The number of fused-ring (bicyclic) bond motifs is 2. The van der Waals surface area contributed by atoms with Crippen molar-refractivity contribution < 1.29 is 9.53 Å². The Labute approximate surface area is 165 Å². The van der Waals surface area contributed by atoms with E-state index in [4.69, 9.17) is 16.3 Å². The maximum atomic E-state index is 13.0. The van der Waals surface area contributed by atoms with Crippen LogP contribution < -0.4 is 5.32 Å². The zero-order chi connectivity index (χ0) is 19.2. The fourth-order valence-electron chi connectivity index (χ4n) is 3.44. The Balaban J connectivity index is 1.79. The Morgan fingerprint density at radius 3 is 3.04 bits per heavy atom. The Morgan fingerprint density at radius 2 is 2.26 bits per heavy atom. The third kappa shape index (κ3) is 6.04. The molecular weight excluding hydrogens is 364 g/mol. The lowest BCUT2D eigenvalue weighted by Gasteiger charge is -2.24. The van der Waals surface area contributed by atoms with Gasteiger partial charge in [-0.1, -0.05) is 42.8 Å². The van der Waals surface area contributed by atoms with E-state index in [-0.39, 0.29) is 17.9 Å². The Morgan fingerprint density at radius 1 is 1.41 bits per heavy atom. The number of nitrogens with one attached hydrogen (secondary N) is 1.